The third-order valence-electron chi connectivity index (χ3n) is 4.20. The van der Waals surface area contributed by atoms with Gasteiger partial charge in [-0.25, -0.2) is 0 Å². The zero-order valence-corrected chi connectivity index (χ0v) is 13.9. The van der Waals surface area contributed by atoms with Crippen LogP contribution in [-0.4, -0.2) is 39.3 Å². The molecule has 3 amide bonds. The van der Waals surface area contributed by atoms with Crippen molar-refractivity contribution in [1.82, 2.24) is 4.90 Å². The van der Waals surface area contributed by atoms with E-state index in [1.165, 1.54) is 6.92 Å². The summed E-state index contributed by atoms with van der Waals surface area (Å²) in [6, 6.07) is 6.53. The minimum Gasteiger partial charge on any atom is -0.326 e. The van der Waals surface area contributed by atoms with Crippen molar-refractivity contribution in [2.75, 3.05) is 16.4 Å². The van der Waals surface area contributed by atoms with Gasteiger partial charge in [0.2, 0.25) is 17.7 Å². The van der Waals surface area contributed by atoms with Crippen LogP contribution >= 0.6 is 11.8 Å². The number of anilines is 2. The number of carbonyl (C=O) groups is 3. The summed E-state index contributed by atoms with van der Waals surface area (Å²) in [6.45, 7) is 3.45. The van der Waals surface area contributed by atoms with Crippen molar-refractivity contribution in [3.05, 3.63) is 24.3 Å². The van der Waals surface area contributed by atoms with Crippen LogP contribution in [0.15, 0.2) is 24.3 Å². The lowest BCUT2D eigenvalue weighted by Gasteiger charge is -2.29. The van der Waals surface area contributed by atoms with Crippen LogP contribution in [0.25, 0.3) is 0 Å². The van der Waals surface area contributed by atoms with Crippen LogP contribution in [0.3, 0.4) is 0 Å². The molecule has 0 saturated carbocycles. The molecule has 2 heterocycles. The maximum absolute atomic E-state index is 12.6. The van der Waals surface area contributed by atoms with Crippen LogP contribution in [0.2, 0.25) is 0 Å². The maximum Gasteiger partial charge on any atom is 0.248 e. The highest BCUT2D eigenvalue weighted by Gasteiger charge is 2.52. The lowest BCUT2D eigenvalue weighted by atomic mass is 10.2. The van der Waals surface area contributed by atoms with Crippen LogP contribution < -0.4 is 10.6 Å². The Hall–Kier alpha value is -2.02. The van der Waals surface area contributed by atoms with E-state index in [-0.39, 0.29) is 22.6 Å². The standard InChI is InChI=1S/C16H19N3O3S/c1-10(20)17-11-4-3-5-12(8-11)18-15(22)13-9-23-16(2)7-6-14(21)19(13)16/h3-5,8,13H,6-7,9H2,1-2H3,(H,17,20)(H,18,22)/t13-,16+/m1/s1. The average molecular weight is 333 g/mol. The molecule has 1 aromatic rings. The monoisotopic (exact) mass is 333 g/mol. The Balaban J connectivity index is 1.72. The summed E-state index contributed by atoms with van der Waals surface area (Å²) in [5.74, 6) is 0.305. The Bertz CT molecular complexity index is 678. The van der Waals surface area contributed by atoms with Gasteiger partial charge >= 0.3 is 0 Å². The van der Waals surface area contributed by atoms with Gasteiger partial charge in [0.05, 0.1) is 4.87 Å². The second-order valence-electron chi connectivity index (χ2n) is 6.02. The maximum atomic E-state index is 12.6. The Kier molecular flexibility index (Phi) is 4.06. The first kappa shape index (κ1) is 15.9. The van der Waals surface area contributed by atoms with E-state index in [1.54, 1.807) is 40.9 Å². The summed E-state index contributed by atoms with van der Waals surface area (Å²) < 4.78 is 0. The quantitative estimate of drug-likeness (QED) is 0.887. The van der Waals surface area contributed by atoms with Crippen molar-refractivity contribution in [2.24, 2.45) is 0 Å². The van der Waals surface area contributed by atoms with Gasteiger partial charge < -0.3 is 15.5 Å². The van der Waals surface area contributed by atoms with Crippen molar-refractivity contribution in [2.45, 2.75) is 37.6 Å². The zero-order chi connectivity index (χ0) is 16.6. The van der Waals surface area contributed by atoms with Crippen molar-refractivity contribution >= 4 is 40.9 Å². The van der Waals surface area contributed by atoms with Crippen molar-refractivity contribution in [3.63, 3.8) is 0 Å². The van der Waals surface area contributed by atoms with E-state index in [0.29, 0.717) is 23.5 Å². The Labute approximate surface area is 139 Å². The Morgan fingerprint density at radius 2 is 2.00 bits per heavy atom. The molecule has 2 atom stereocenters. The van der Waals surface area contributed by atoms with E-state index in [1.807, 2.05) is 6.92 Å². The number of hydrogen-bond donors (Lipinski definition) is 2. The minimum atomic E-state index is -0.440. The topological polar surface area (TPSA) is 78.5 Å². The van der Waals surface area contributed by atoms with Crippen LogP contribution in [0.5, 0.6) is 0 Å². The predicted octanol–water partition coefficient (Wildman–Crippen LogP) is 2.04. The molecule has 0 bridgehead atoms. The molecule has 0 spiro atoms. The van der Waals surface area contributed by atoms with Crippen molar-refractivity contribution < 1.29 is 14.4 Å². The van der Waals surface area contributed by atoms with Gasteiger partial charge in [-0.3, -0.25) is 14.4 Å². The van der Waals surface area contributed by atoms with Gasteiger partial charge in [-0.05, 0) is 31.5 Å². The van der Waals surface area contributed by atoms with Gasteiger partial charge in [0.25, 0.3) is 0 Å². The smallest absolute Gasteiger partial charge is 0.248 e. The number of rotatable bonds is 3. The van der Waals surface area contributed by atoms with Gasteiger partial charge in [-0.15, -0.1) is 11.8 Å². The molecule has 2 aliphatic rings. The summed E-state index contributed by atoms with van der Waals surface area (Å²) in [7, 11) is 0. The molecule has 2 aliphatic heterocycles. The molecule has 1 aromatic carbocycles. The van der Waals surface area contributed by atoms with Crippen LogP contribution in [0, 0.1) is 0 Å². The molecule has 0 aliphatic carbocycles. The summed E-state index contributed by atoms with van der Waals surface area (Å²) in [4.78, 5) is 37.2. The molecule has 3 rings (SSSR count). The van der Waals surface area contributed by atoms with E-state index in [4.69, 9.17) is 0 Å². The molecule has 0 aromatic heterocycles. The SMILES string of the molecule is CC(=O)Nc1cccc(NC(=O)[C@H]2CS[C@@]3(C)CCC(=O)N23)c1. The molecular formula is C16H19N3O3S. The second-order valence-corrected chi connectivity index (χ2v) is 7.52. The molecule has 2 N–H and O–H groups in total. The van der Waals surface area contributed by atoms with E-state index >= 15 is 0 Å². The highest BCUT2D eigenvalue weighted by Crippen LogP contribution is 2.47. The van der Waals surface area contributed by atoms with E-state index in [0.717, 1.165) is 6.42 Å². The predicted molar refractivity (Wildman–Crippen MR) is 90.1 cm³/mol. The third-order valence-corrected chi connectivity index (χ3v) is 5.70. The van der Waals surface area contributed by atoms with E-state index < -0.39 is 6.04 Å². The van der Waals surface area contributed by atoms with Crippen LogP contribution in [0.1, 0.15) is 26.7 Å². The number of thioether (sulfide) groups is 1. The lowest BCUT2D eigenvalue weighted by Crippen LogP contribution is -2.48. The number of benzene rings is 1. The number of nitrogens with one attached hydrogen (secondary N) is 2. The molecule has 6 nitrogen and oxygen atoms in total. The van der Waals surface area contributed by atoms with Crippen LogP contribution in [0.4, 0.5) is 11.4 Å². The molecular weight excluding hydrogens is 314 g/mol. The first-order valence-corrected chi connectivity index (χ1v) is 8.52. The van der Waals surface area contributed by atoms with Crippen LogP contribution in [-0.2, 0) is 14.4 Å². The average Bonchev–Trinajstić information content (AvgIpc) is 2.96. The Morgan fingerprint density at radius 3 is 2.70 bits per heavy atom. The number of hydrogen-bond acceptors (Lipinski definition) is 4. The molecule has 2 fully saturated rings. The van der Waals surface area contributed by atoms with Gasteiger partial charge in [-0.1, -0.05) is 6.07 Å². The van der Waals surface area contributed by atoms with Gasteiger partial charge in [0.15, 0.2) is 0 Å². The highest BCUT2D eigenvalue weighted by atomic mass is 32.2. The zero-order valence-electron chi connectivity index (χ0n) is 13.1. The fraction of sp³-hybridized carbons (Fsp3) is 0.438. The molecule has 2 saturated heterocycles. The second kappa shape index (κ2) is 5.88. The summed E-state index contributed by atoms with van der Waals surface area (Å²) in [6.07, 6.45) is 1.30. The lowest BCUT2D eigenvalue weighted by molar-refractivity contribution is -0.135. The fourth-order valence-electron chi connectivity index (χ4n) is 3.12. The van der Waals surface area contributed by atoms with Gasteiger partial charge in [-0.2, -0.15) is 0 Å². The highest BCUT2D eigenvalue weighted by molar-refractivity contribution is 8.01. The van der Waals surface area contributed by atoms with Gasteiger partial charge in [0.1, 0.15) is 6.04 Å². The summed E-state index contributed by atoms with van der Waals surface area (Å²) in [5, 5.41) is 5.53. The van der Waals surface area contributed by atoms with Crippen molar-refractivity contribution in [3.8, 4) is 0 Å². The number of carbonyl (C=O) groups excluding carboxylic acids is 3. The van der Waals surface area contributed by atoms with E-state index in [9.17, 15) is 14.4 Å². The minimum absolute atomic E-state index is 0.0460. The first-order chi connectivity index (χ1) is 10.9. The van der Waals surface area contributed by atoms with Gasteiger partial charge in [0, 0.05) is 30.5 Å². The normalized spacial score (nSPS) is 26.1. The summed E-state index contributed by atoms with van der Waals surface area (Å²) >= 11 is 1.66. The number of nitrogens with zero attached hydrogens (tertiary/aromatic N) is 1. The molecule has 23 heavy (non-hydrogen) atoms. The number of amides is 3. The molecule has 7 heteroatoms. The molecule has 0 unspecified atom stereocenters. The molecule has 0 radical (unpaired) electrons. The summed E-state index contributed by atoms with van der Waals surface area (Å²) in [5.41, 5.74) is 1.23. The van der Waals surface area contributed by atoms with Crippen molar-refractivity contribution in [1.29, 1.82) is 0 Å². The first-order valence-electron chi connectivity index (χ1n) is 7.54. The third kappa shape index (κ3) is 3.06. The fourth-order valence-corrected chi connectivity index (χ4v) is 4.55. The largest absolute Gasteiger partial charge is 0.326 e. The number of fused-ring (bicyclic) bond motifs is 1. The molecule has 122 valence electrons. The van der Waals surface area contributed by atoms with E-state index in [2.05, 4.69) is 10.6 Å². The Morgan fingerprint density at radius 1 is 1.30 bits per heavy atom.